The van der Waals surface area contributed by atoms with E-state index in [0.29, 0.717) is 36.4 Å². The normalized spacial score (nSPS) is 17.3. The number of nitrogens with zero attached hydrogens (tertiary/aromatic N) is 8. The summed E-state index contributed by atoms with van der Waals surface area (Å²) in [5.41, 5.74) is 4.57. The first-order chi connectivity index (χ1) is 24.3. The van der Waals surface area contributed by atoms with Crippen LogP contribution in [0.5, 0.6) is 11.5 Å². The molecule has 9 rings (SSSR count). The highest BCUT2D eigenvalue weighted by atomic mass is 79.9. The molecular weight excluding hydrogens is 705 g/mol. The Balaban J connectivity index is 0.000000188. The van der Waals surface area contributed by atoms with Gasteiger partial charge in [0.15, 0.2) is 17.4 Å². The molecule has 0 bridgehead atoms. The van der Waals surface area contributed by atoms with Crippen LogP contribution >= 0.6 is 15.9 Å². The van der Waals surface area contributed by atoms with Crippen LogP contribution in [0.15, 0.2) is 78.2 Å². The molecule has 3 aromatic carbocycles. The van der Waals surface area contributed by atoms with E-state index in [2.05, 4.69) is 53.5 Å². The standard InChI is InChI=1S/C25H23FN6O2.C11H10BrN3O/c1-14-8-19(26)18(9-22(14)31-10-21(27-12-31)16-6-7-16)25(33)29-20-5-3-4-17-23(20)34-11-15(2)32-13-28-30-24(17)32;1-7-5-16-10-8(3-2-4-9(10)12)11-14-13-6-15(7)11/h3-5,8-10,12-13,15-16H,6-7,11H2,1-2H3,(H,29,33);2-4,6-7H,5H2,1H3/t15-;7-/m11/s1. The molecule has 12 nitrogen and oxygen atoms in total. The molecular formula is C36H33BrFN9O3. The van der Waals surface area contributed by atoms with Crippen molar-refractivity contribution in [1.82, 2.24) is 39.1 Å². The Kier molecular flexibility index (Phi) is 8.17. The van der Waals surface area contributed by atoms with E-state index in [0.717, 1.165) is 57.0 Å². The monoisotopic (exact) mass is 737 g/mol. The Hall–Kier alpha value is -5.37. The summed E-state index contributed by atoms with van der Waals surface area (Å²) < 4.78 is 33.5. The van der Waals surface area contributed by atoms with E-state index in [1.807, 2.05) is 58.0 Å². The summed E-state index contributed by atoms with van der Waals surface area (Å²) in [6.45, 7) is 6.93. The van der Waals surface area contributed by atoms with Gasteiger partial charge in [0.05, 0.1) is 56.6 Å². The first-order valence-corrected chi connectivity index (χ1v) is 17.2. The molecule has 1 aliphatic carbocycles. The van der Waals surface area contributed by atoms with Crippen molar-refractivity contribution in [2.45, 2.75) is 51.6 Å². The minimum atomic E-state index is -0.586. The van der Waals surface area contributed by atoms with Crippen molar-refractivity contribution in [3.8, 4) is 40.0 Å². The van der Waals surface area contributed by atoms with Crippen LogP contribution in [-0.2, 0) is 0 Å². The van der Waals surface area contributed by atoms with E-state index in [9.17, 15) is 9.18 Å². The summed E-state index contributed by atoms with van der Waals surface area (Å²) in [4.78, 5) is 17.7. The molecule has 5 heterocycles. The van der Waals surface area contributed by atoms with Crippen molar-refractivity contribution < 1.29 is 18.7 Å². The second kappa shape index (κ2) is 12.8. The molecule has 50 heavy (non-hydrogen) atoms. The molecule has 2 atom stereocenters. The van der Waals surface area contributed by atoms with Gasteiger partial charge in [0, 0.05) is 12.1 Å². The average molecular weight is 739 g/mol. The number of benzene rings is 3. The van der Waals surface area contributed by atoms with Gasteiger partial charge in [-0.2, -0.15) is 0 Å². The molecule has 3 aliphatic rings. The van der Waals surface area contributed by atoms with E-state index >= 15 is 0 Å². The minimum Gasteiger partial charge on any atom is -0.489 e. The van der Waals surface area contributed by atoms with Gasteiger partial charge >= 0.3 is 0 Å². The van der Waals surface area contributed by atoms with Crippen molar-refractivity contribution in [2.24, 2.45) is 0 Å². The number of aryl methyl sites for hydroxylation is 1. The largest absolute Gasteiger partial charge is 0.489 e. The predicted molar refractivity (Wildman–Crippen MR) is 187 cm³/mol. The van der Waals surface area contributed by atoms with Crippen LogP contribution in [0.25, 0.3) is 28.5 Å². The summed E-state index contributed by atoms with van der Waals surface area (Å²) >= 11 is 3.49. The molecule has 14 heteroatoms. The molecule has 3 aromatic heterocycles. The number of carbonyl (C=O) groups is 1. The lowest BCUT2D eigenvalue weighted by Crippen LogP contribution is -2.16. The Morgan fingerprint density at radius 2 is 1.54 bits per heavy atom. The smallest absolute Gasteiger partial charge is 0.258 e. The molecule has 1 amide bonds. The number of rotatable bonds is 4. The number of para-hydroxylation sites is 2. The Labute approximate surface area is 295 Å². The van der Waals surface area contributed by atoms with Crippen molar-refractivity contribution in [2.75, 3.05) is 18.5 Å². The van der Waals surface area contributed by atoms with E-state index in [-0.39, 0.29) is 17.6 Å². The highest BCUT2D eigenvalue weighted by molar-refractivity contribution is 9.10. The SMILES string of the molecule is C[C@@H]1COc2c(Br)cccc2-c2nncn21.Cc1cc(F)c(C(=O)Nc2cccc3c2OC[C@@H](C)n2cnnc2-3)cc1-n1cnc(C2CC2)c1. The maximum Gasteiger partial charge on any atom is 0.258 e. The fourth-order valence-electron chi connectivity index (χ4n) is 6.25. The van der Waals surface area contributed by atoms with E-state index in [4.69, 9.17) is 9.47 Å². The maximum atomic E-state index is 14.9. The molecule has 1 saturated carbocycles. The van der Waals surface area contributed by atoms with Crippen LogP contribution in [0.2, 0.25) is 0 Å². The van der Waals surface area contributed by atoms with Gasteiger partial charge in [-0.05, 0) is 91.5 Å². The van der Waals surface area contributed by atoms with Crippen LogP contribution in [0.4, 0.5) is 10.1 Å². The van der Waals surface area contributed by atoms with Gasteiger partial charge in [-0.25, -0.2) is 9.37 Å². The number of imidazole rings is 1. The first-order valence-electron chi connectivity index (χ1n) is 16.4. The summed E-state index contributed by atoms with van der Waals surface area (Å²) in [7, 11) is 0. The number of carbonyl (C=O) groups excluding carboxylic acids is 1. The zero-order valence-electron chi connectivity index (χ0n) is 27.5. The van der Waals surface area contributed by atoms with Crippen molar-refractivity contribution in [1.29, 1.82) is 0 Å². The summed E-state index contributed by atoms with van der Waals surface area (Å²) in [5, 5.41) is 19.2. The fourth-order valence-corrected chi connectivity index (χ4v) is 6.73. The van der Waals surface area contributed by atoms with Gasteiger partial charge in [-0.1, -0.05) is 12.1 Å². The highest BCUT2D eigenvalue weighted by Crippen LogP contribution is 2.41. The topological polar surface area (TPSA) is 127 Å². The average Bonchev–Trinajstić information content (AvgIpc) is 3.47. The number of ether oxygens (including phenoxy) is 2. The van der Waals surface area contributed by atoms with Crippen LogP contribution in [0.3, 0.4) is 0 Å². The number of anilines is 1. The van der Waals surface area contributed by atoms with E-state index in [1.54, 1.807) is 37.2 Å². The molecule has 0 spiro atoms. The first kappa shape index (κ1) is 31.9. The third-order valence-corrected chi connectivity index (χ3v) is 9.78. The molecule has 6 aromatic rings. The Bertz CT molecular complexity index is 2240. The zero-order valence-corrected chi connectivity index (χ0v) is 29.1. The Morgan fingerprint density at radius 1 is 0.900 bits per heavy atom. The zero-order chi connectivity index (χ0) is 34.5. The van der Waals surface area contributed by atoms with Crippen LogP contribution in [0.1, 0.15) is 66.3 Å². The maximum absolute atomic E-state index is 14.9. The fraction of sp³-hybridized carbons (Fsp3) is 0.278. The predicted octanol–water partition coefficient (Wildman–Crippen LogP) is 7.32. The molecule has 1 N–H and O–H groups in total. The number of hydrogen-bond donors (Lipinski definition) is 1. The third kappa shape index (κ3) is 5.82. The van der Waals surface area contributed by atoms with E-state index in [1.165, 1.54) is 6.07 Å². The van der Waals surface area contributed by atoms with Gasteiger partial charge < -0.3 is 28.5 Å². The lowest BCUT2D eigenvalue weighted by atomic mass is 10.1. The van der Waals surface area contributed by atoms with Gasteiger partial charge in [-0.15, -0.1) is 20.4 Å². The molecule has 0 radical (unpaired) electrons. The third-order valence-electron chi connectivity index (χ3n) is 9.15. The van der Waals surface area contributed by atoms with Gasteiger partial charge in [-0.3, -0.25) is 4.79 Å². The molecule has 0 unspecified atom stereocenters. The number of nitrogens with one attached hydrogen (secondary N) is 1. The van der Waals surface area contributed by atoms with Crippen molar-refractivity contribution in [3.63, 3.8) is 0 Å². The number of hydrogen-bond acceptors (Lipinski definition) is 8. The quantitative estimate of drug-likeness (QED) is 0.199. The van der Waals surface area contributed by atoms with Gasteiger partial charge in [0.2, 0.25) is 0 Å². The molecule has 254 valence electrons. The molecule has 2 aliphatic heterocycles. The molecule has 0 saturated heterocycles. The van der Waals surface area contributed by atoms with Crippen molar-refractivity contribution in [3.05, 3.63) is 101 Å². The lowest BCUT2D eigenvalue weighted by Gasteiger charge is -2.15. The van der Waals surface area contributed by atoms with Crippen LogP contribution in [-0.4, -0.2) is 58.2 Å². The summed E-state index contributed by atoms with van der Waals surface area (Å²) in [6, 6.07) is 14.6. The van der Waals surface area contributed by atoms with Crippen LogP contribution in [0, 0.1) is 12.7 Å². The number of aromatic nitrogens is 8. The lowest BCUT2D eigenvalue weighted by molar-refractivity contribution is 0.102. The summed E-state index contributed by atoms with van der Waals surface area (Å²) in [5.74, 6) is 2.22. The minimum absolute atomic E-state index is 0.0220. The molecule has 1 fully saturated rings. The summed E-state index contributed by atoms with van der Waals surface area (Å²) in [6.07, 6.45) is 9.38. The number of halogens is 2. The second-order valence-electron chi connectivity index (χ2n) is 12.8. The van der Waals surface area contributed by atoms with Crippen molar-refractivity contribution >= 4 is 27.5 Å². The van der Waals surface area contributed by atoms with E-state index < -0.39 is 11.7 Å². The number of fused-ring (bicyclic) bond motifs is 6. The number of amides is 1. The van der Waals surface area contributed by atoms with Gasteiger partial charge in [0.1, 0.15) is 37.4 Å². The highest BCUT2D eigenvalue weighted by Gasteiger charge is 2.28. The van der Waals surface area contributed by atoms with Gasteiger partial charge in [0.25, 0.3) is 5.91 Å². The Morgan fingerprint density at radius 3 is 2.22 bits per heavy atom. The second-order valence-corrected chi connectivity index (χ2v) is 13.6. The van der Waals surface area contributed by atoms with Crippen LogP contribution < -0.4 is 14.8 Å².